The third kappa shape index (κ3) is 4.84. The van der Waals surface area contributed by atoms with E-state index in [1.54, 1.807) is 23.7 Å². The van der Waals surface area contributed by atoms with Crippen LogP contribution in [0.3, 0.4) is 0 Å². The average Bonchev–Trinajstić information content (AvgIpc) is 3.22. The molecule has 1 amide bonds. The monoisotopic (exact) mass is 454 g/mol. The molecular weight excluding hydrogens is 435 g/mol. The normalized spacial score (nSPS) is 11.0. The van der Waals surface area contributed by atoms with Gasteiger partial charge in [0.15, 0.2) is 5.13 Å². The van der Waals surface area contributed by atoms with Crippen molar-refractivity contribution in [2.24, 2.45) is 0 Å². The van der Waals surface area contributed by atoms with Crippen molar-refractivity contribution in [2.75, 3.05) is 5.32 Å². The molecule has 2 aromatic carbocycles. The number of nitrogens with one attached hydrogen (secondary N) is 1. The molecule has 0 aliphatic heterocycles. The minimum atomic E-state index is -0.344. The number of anilines is 1. The second-order valence-electron chi connectivity index (χ2n) is 7.18. The van der Waals surface area contributed by atoms with Crippen LogP contribution < -0.4 is 5.32 Å². The first kappa shape index (κ1) is 21.2. The first-order valence-corrected chi connectivity index (χ1v) is 10.9. The quantitative estimate of drug-likeness (QED) is 0.410. The molecule has 0 aliphatic carbocycles. The number of thiazole rings is 1. The summed E-state index contributed by atoms with van der Waals surface area (Å²) in [5.41, 5.74) is 3.74. The van der Waals surface area contributed by atoms with Crippen LogP contribution in [-0.4, -0.2) is 20.7 Å². The summed E-state index contributed by atoms with van der Waals surface area (Å²) < 4.78 is 14.7. The zero-order valence-corrected chi connectivity index (χ0v) is 18.6. The summed E-state index contributed by atoms with van der Waals surface area (Å²) >= 11 is 7.88. The number of carbonyl (C=O) groups excluding carboxylic acids is 1. The van der Waals surface area contributed by atoms with Gasteiger partial charge in [-0.05, 0) is 37.1 Å². The van der Waals surface area contributed by atoms with E-state index in [0.717, 1.165) is 21.7 Å². The van der Waals surface area contributed by atoms with E-state index in [0.29, 0.717) is 34.5 Å². The molecule has 0 fully saturated rings. The molecule has 4 aromatic rings. The maximum absolute atomic E-state index is 13.1. The Hall–Kier alpha value is -3.03. The van der Waals surface area contributed by atoms with Gasteiger partial charge < -0.3 is 0 Å². The van der Waals surface area contributed by atoms with Crippen LogP contribution in [-0.2, 0) is 13.0 Å². The summed E-state index contributed by atoms with van der Waals surface area (Å²) in [7, 11) is 0. The molecular formula is C23H20ClFN4OS. The van der Waals surface area contributed by atoms with E-state index in [1.807, 2.05) is 37.3 Å². The first-order valence-electron chi connectivity index (χ1n) is 9.69. The number of aromatic nitrogens is 3. The molecule has 0 saturated heterocycles. The lowest BCUT2D eigenvalue weighted by atomic mass is 10.1. The van der Waals surface area contributed by atoms with Crippen molar-refractivity contribution < 1.29 is 9.18 Å². The minimum Gasteiger partial charge on any atom is -0.298 e. The number of aryl methyl sites for hydroxylation is 2. The van der Waals surface area contributed by atoms with Crippen molar-refractivity contribution in [3.63, 3.8) is 0 Å². The Kier molecular flexibility index (Phi) is 6.15. The Labute approximate surface area is 188 Å². The Bertz CT molecular complexity index is 1220. The van der Waals surface area contributed by atoms with E-state index in [-0.39, 0.29) is 11.7 Å². The second-order valence-corrected chi connectivity index (χ2v) is 8.62. The highest BCUT2D eigenvalue weighted by Gasteiger charge is 2.22. The molecule has 0 spiro atoms. The highest BCUT2D eigenvalue weighted by molar-refractivity contribution is 7.15. The van der Waals surface area contributed by atoms with Gasteiger partial charge in [0.2, 0.25) is 0 Å². The summed E-state index contributed by atoms with van der Waals surface area (Å²) in [5, 5.41) is 8.06. The van der Waals surface area contributed by atoms with Crippen LogP contribution in [0.1, 0.15) is 37.7 Å². The smallest absolute Gasteiger partial charge is 0.262 e. The number of halogens is 2. The fourth-order valence-electron chi connectivity index (χ4n) is 3.27. The summed E-state index contributed by atoms with van der Waals surface area (Å²) in [6.45, 7) is 4.13. The highest BCUT2D eigenvalue weighted by Crippen LogP contribution is 2.27. The van der Waals surface area contributed by atoms with Crippen molar-refractivity contribution in [1.82, 2.24) is 14.8 Å². The van der Waals surface area contributed by atoms with Crippen LogP contribution in [0.15, 0.2) is 54.6 Å². The molecule has 2 heterocycles. The van der Waals surface area contributed by atoms with Crippen LogP contribution in [0.4, 0.5) is 9.52 Å². The van der Waals surface area contributed by atoms with Crippen LogP contribution in [0.2, 0.25) is 5.15 Å². The number of nitrogens with zero attached hydrogens (tertiary/aromatic N) is 3. The van der Waals surface area contributed by atoms with Crippen molar-refractivity contribution >= 4 is 34.0 Å². The molecule has 5 nitrogen and oxygen atoms in total. The molecule has 0 radical (unpaired) electrons. The maximum atomic E-state index is 13.1. The molecule has 0 atom stereocenters. The molecule has 0 bridgehead atoms. The Morgan fingerprint density at radius 2 is 1.77 bits per heavy atom. The molecule has 31 heavy (non-hydrogen) atoms. The fraction of sp³-hybridized carbons (Fsp3) is 0.174. The standard InChI is InChI=1S/C23H20ClFN4OS/c1-14-19(12-16-8-10-18(25)11-9-16)31-23(26-14)27-22(30)20-15(2)28-29(21(20)24)13-17-6-4-3-5-7-17/h3-11H,12-13H2,1-2H3,(H,26,27,30). The Balaban J connectivity index is 1.50. The van der Waals surface area contributed by atoms with Crippen molar-refractivity contribution in [2.45, 2.75) is 26.8 Å². The number of amides is 1. The van der Waals surface area contributed by atoms with Crippen LogP contribution in [0.25, 0.3) is 0 Å². The van der Waals surface area contributed by atoms with E-state index < -0.39 is 0 Å². The third-order valence-electron chi connectivity index (χ3n) is 4.86. The zero-order valence-electron chi connectivity index (χ0n) is 17.0. The van der Waals surface area contributed by atoms with Crippen LogP contribution in [0.5, 0.6) is 0 Å². The second kappa shape index (κ2) is 8.99. The van der Waals surface area contributed by atoms with Gasteiger partial charge in [-0.3, -0.25) is 10.1 Å². The molecule has 4 rings (SSSR count). The van der Waals surface area contributed by atoms with Crippen LogP contribution >= 0.6 is 22.9 Å². The average molecular weight is 455 g/mol. The number of rotatable bonds is 6. The van der Waals surface area contributed by atoms with Gasteiger partial charge >= 0.3 is 0 Å². The SMILES string of the molecule is Cc1nc(NC(=O)c2c(C)nn(Cc3ccccc3)c2Cl)sc1Cc1ccc(F)cc1. The number of benzene rings is 2. The number of hydrogen-bond acceptors (Lipinski definition) is 4. The lowest BCUT2D eigenvalue weighted by Crippen LogP contribution is -2.13. The van der Waals surface area contributed by atoms with Gasteiger partial charge in [-0.15, -0.1) is 11.3 Å². The number of carbonyl (C=O) groups is 1. The molecule has 158 valence electrons. The van der Waals surface area contributed by atoms with E-state index in [4.69, 9.17) is 11.6 Å². The number of hydrogen-bond donors (Lipinski definition) is 1. The summed E-state index contributed by atoms with van der Waals surface area (Å²) in [4.78, 5) is 18.4. The lowest BCUT2D eigenvalue weighted by molar-refractivity contribution is 0.102. The first-order chi connectivity index (χ1) is 14.9. The molecule has 1 N–H and O–H groups in total. The van der Waals surface area contributed by atoms with Gasteiger partial charge in [0.1, 0.15) is 11.0 Å². The summed E-state index contributed by atoms with van der Waals surface area (Å²) in [6, 6.07) is 16.2. The summed E-state index contributed by atoms with van der Waals surface area (Å²) in [6.07, 6.45) is 0.619. The van der Waals surface area contributed by atoms with Gasteiger partial charge in [-0.2, -0.15) is 5.10 Å². The van der Waals surface area contributed by atoms with Crippen LogP contribution in [0, 0.1) is 19.7 Å². The summed E-state index contributed by atoms with van der Waals surface area (Å²) in [5.74, 6) is -0.610. The van der Waals surface area contributed by atoms with Crippen molar-refractivity contribution in [3.05, 3.63) is 98.5 Å². The molecule has 0 aliphatic rings. The molecule has 2 aromatic heterocycles. The predicted octanol–water partition coefficient (Wildman–Crippen LogP) is 5.64. The maximum Gasteiger partial charge on any atom is 0.262 e. The van der Waals surface area contributed by atoms with Gasteiger partial charge in [-0.25, -0.2) is 14.1 Å². The zero-order chi connectivity index (χ0) is 22.0. The van der Waals surface area contributed by atoms with Gasteiger partial charge in [0, 0.05) is 11.3 Å². The van der Waals surface area contributed by atoms with Crippen molar-refractivity contribution in [3.8, 4) is 0 Å². The van der Waals surface area contributed by atoms with E-state index in [9.17, 15) is 9.18 Å². The van der Waals surface area contributed by atoms with E-state index in [1.165, 1.54) is 23.5 Å². The fourth-order valence-corrected chi connectivity index (χ4v) is 4.58. The molecule has 0 saturated carbocycles. The third-order valence-corrected chi connectivity index (χ3v) is 6.32. The molecule has 8 heteroatoms. The van der Waals surface area contributed by atoms with Gasteiger partial charge in [0.05, 0.1) is 23.5 Å². The minimum absolute atomic E-state index is 0.266. The van der Waals surface area contributed by atoms with Crippen molar-refractivity contribution in [1.29, 1.82) is 0 Å². The van der Waals surface area contributed by atoms with Gasteiger partial charge in [0.25, 0.3) is 5.91 Å². The Morgan fingerprint density at radius 3 is 2.48 bits per heavy atom. The van der Waals surface area contributed by atoms with Gasteiger partial charge in [-0.1, -0.05) is 54.1 Å². The Morgan fingerprint density at radius 1 is 1.06 bits per heavy atom. The largest absolute Gasteiger partial charge is 0.298 e. The predicted molar refractivity (Wildman–Crippen MR) is 122 cm³/mol. The topological polar surface area (TPSA) is 59.8 Å². The lowest BCUT2D eigenvalue weighted by Gasteiger charge is -2.04. The van der Waals surface area contributed by atoms with E-state index in [2.05, 4.69) is 15.4 Å². The highest BCUT2D eigenvalue weighted by atomic mass is 35.5. The molecule has 0 unspecified atom stereocenters. The van der Waals surface area contributed by atoms with E-state index >= 15 is 0 Å².